The number of nitrogens with two attached hydrogens (primary N) is 1. The molecule has 0 saturated carbocycles. The third kappa shape index (κ3) is 3.80. The Morgan fingerprint density at radius 3 is 2.59 bits per heavy atom. The van der Waals surface area contributed by atoms with Gasteiger partial charge in [-0.25, -0.2) is 0 Å². The van der Waals surface area contributed by atoms with Crippen LogP contribution in [0.2, 0.25) is 0 Å². The number of nitrogens with zero attached hydrogens (tertiary/aromatic N) is 2. The number of hydrogen-bond donors (Lipinski definition) is 1. The number of ether oxygens (including phenoxy) is 1. The van der Waals surface area contributed by atoms with Gasteiger partial charge in [0.15, 0.2) is 0 Å². The lowest BCUT2D eigenvalue weighted by Crippen LogP contribution is -2.24. The molecule has 0 aliphatic rings. The van der Waals surface area contributed by atoms with Gasteiger partial charge in [-0.15, -0.1) is 0 Å². The van der Waals surface area contributed by atoms with Gasteiger partial charge in [-0.1, -0.05) is 6.92 Å². The number of nitrogen functional groups attached to an aromatic ring is 1. The maximum absolute atomic E-state index is 5.85. The van der Waals surface area contributed by atoms with Gasteiger partial charge >= 0.3 is 0 Å². The van der Waals surface area contributed by atoms with Gasteiger partial charge in [0.2, 0.25) is 5.88 Å². The van der Waals surface area contributed by atoms with Gasteiger partial charge in [-0.05, 0) is 39.3 Å². The van der Waals surface area contributed by atoms with Gasteiger partial charge in [0.25, 0.3) is 0 Å². The average molecular weight is 237 g/mol. The second-order valence-corrected chi connectivity index (χ2v) is 4.31. The van der Waals surface area contributed by atoms with Crippen molar-refractivity contribution in [2.45, 2.75) is 40.2 Å². The van der Waals surface area contributed by atoms with Gasteiger partial charge in [0.05, 0.1) is 11.8 Å². The van der Waals surface area contributed by atoms with E-state index in [2.05, 4.69) is 23.7 Å². The van der Waals surface area contributed by atoms with Crippen molar-refractivity contribution in [3.63, 3.8) is 0 Å². The van der Waals surface area contributed by atoms with Crippen molar-refractivity contribution in [3.8, 4) is 5.88 Å². The minimum atomic E-state index is 0.0845. The first-order valence-corrected chi connectivity index (χ1v) is 6.26. The maximum Gasteiger partial charge on any atom is 0.239 e. The first-order chi connectivity index (χ1) is 8.08. The van der Waals surface area contributed by atoms with Crippen molar-refractivity contribution in [2.24, 2.45) is 0 Å². The van der Waals surface area contributed by atoms with Crippen LogP contribution in [0.4, 0.5) is 11.5 Å². The van der Waals surface area contributed by atoms with Crippen molar-refractivity contribution >= 4 is 11.5 Å². The Morgan fingerprint density at radius 1 is 1.35 bits per heavy atom. The Balaban J connectivity index is 2.93. The molecule has 1 aromatic heterocycles. The molecule has 0 atom stereocenters. The third-order valence-electron chi connectivity index (χ3n) is 2.42. The number of anilines is 2. The van der Waals surface area contributed by atoms with E-state index in [0.29, 0.717) is 11.6 Å². The lowest BCUT2D eigenvalue weighted by molar-refractivity contribution is 0.234. The molecular formula is C13H23N3O. The predicted molar refractivity (Wildman–Crippen MR) is 72.6 cm³/mol. The zero-order valence-electron chi connectivity index (χ0n) is 11.2. The van der Waals surface area contributed by atoms with Crippen LogP contribution in [-0.4, -0.2) is 24.2 Å². The molecule has 0 saturated heterocycles. The summed E-state index contributed by atoms with van der Waals surface area (Å²) in [6, 6.07) is 3.81. The van der Waals surface area contributed by atoms with Crippen molar-refractivity contribution in [1.29, 1.82) is 0 Å². The van der Waals surface area contributed by atoms with Gasteiger partial charge in [-0.3, -0.25) is 0 Å². The quantitative estimate of drug-likeness (QED) is 0.826. The van der Waals surface area contributed by atoms with Gasteiger partial charge in [0, 0.05) is 13.1 Å². The Morgan fingerprint density at radius 2 is 2.06 bits per heavy atom. The fourth-order valence-corrected chi connectivity index (χ4v) is 1.64. The van der Waals surface area contributed by atoms with E-state index in [-0.39, 0.29) is 6.10 Å². The molecular weight excluding hydrogens is 214 g/mol. The summed E-state index contributed by atoms with van der Waals surface area (Å²) < 4.78 is 5.60. The molecule has 0 amide bonds. The molecule has 2 N–H and O–H groups in total. The van der Waals surface area contributed by atoms with Crippen LogP contribution in [0.5, 0.6) is 5.88 Å². The number of pyridine rings is 1. The van der Waals surface area contributed by atoms with Crippen LogP contribution in [0.25, 0.3) is 0 Å². The molecule has 0 fully saturated rings. The second-order valence-electron chi connectivity index (χ2n) is 4.31. The fourth-order valence-electron chi connectivity index (χ4n) is 1.64. The summed E-state index contributed by atoms with van der Waals surface area (Å²) >= 11 is 0. The molecule has 0 aromatic carbocycles. The van der Waals surface area contributed by atoms with Crippen LogP contribution in [-0.2, 0) is 0 Å². The van der Waals surface area contributed by atoms with Crippen LogP contribution >= 0.6 is 0 Å². The molecule has 1 aromatic rings. The lowest BCUT2D eigenvalue weighted by atomic mass is 10.3. The van der Waals surface area contributed by atoms with Crippen molar-refractivity contribution in [2.75, 3.05) is 23.7 Å². The summed E-state index contributed by atoms with van der Waals surface area (Å²) in [5, 5.41) is 0. The molecule has 17 heavy (non-hydrogen) atoms. The van der Waals surface area contributed by atoms with Crippen molar-refractivity contribution < 1.29 is 4.74 Å². The Hall–Kier alpha value is -1.45. The first kappa shape index (κ1) is 13.6. The summed E-state index contributed by atoms with van der Waals surface area (Å²) in [5.74, 6) is 1.46. The molecule has 1 heterocycles. The third-order valence-corrected chi connectivity index (χ3v) is 2.42. The van der Waals surface area contributed by atoms with Crippen molar-refractivity contribution in [3.05, 3.63) is 12.1 Å². The van der Waals surface area contributed by atoms with Crippen LogP contribution in [0.3, 0.4) is 0 Å². The van der Waals surface area contributed by atoms with Gasteiger partial charge < -0.3 is 15.4 Å². The SMILES string of the molecule is CCCN(CC)c1ccc(N)c(OC(C)C)n1. The highest BCUT2D eigenvalue weighted by atomic mass is 16.5. The molecule has 0 bridgehead atoms. The van der Waals surface area contributed by atoms with E-state index < -0.39 is 0 Å². The van der Waals surface area contributed by atoms with Crippen LogP contribution < -0.4 is 15.4 Å². The zero-order chi connectivity index (χ0) is 12.8. The molecule has 0 spiro atoms. The topological polar surface area (TPSA) is 51.4 Å². The van der Waals surface area contributed by atoms with E-state index in [9.17, 15) is 0 Å². The molecule has 4 nitrogen and oxygen atoms in total. The normalized spacial score (nSPS) is 10.6. The summed E-state index contributed by atoms with van der Waals surface area (Å²) in [6.07, 6.45) is 1.18. The summed E-state index contributed by atoms with van der Waals surface area (Å²) in [6.45, 7) is 10.2. The predicted octanol–water partition coefficient (Wildman–Crippen LogP) is 2.69. The van der Waals surface area contributed by atoms with E-state index >= 15 is 0 Å². The van der Waals surface area contributed by atoms with Crippen molar-refractivity contribution in [1.82, 2.24) is 4.98 Å². The minimum absolute atomic E-state index is 0.0845. The molecule has 0 aliphatic carbocycles. The average Bonchev–Trinajstić information content (AvgIpc) is 2.28. The Kier molecular flexibility index (Phi) is 5.07. The smallest absolute Gasteiger partial charge is 0.239 e. The van der Waals surface area contributed by atoms with E-state index in [1.54, 1.807) is 0 Å². The maximum atomic E-state index is 5.85. The number of rotatable bonds is 6. The van der Waals surface area contributed by atoms with Crippen LogP contribution in [0, 0.1) is 0 Å². The molecule has 0 aliphatic heterocycles. The molecule has 0 unspecified atom stereocenters. The van der Waals surface area contributed by atoms with Gasteiger partial charge in [-0.2, -0.15) is 4.98 Å². The molecule has 0 radical (unpaired) electrons. The monoisotopic (exact) mass is 237 g/mol. The standard InChI is InChI=1S/C13H23N3O/c1-5-9-16(6-2)12-8-7-11(14)13(15-12)17-10(3)4/h7-8,10H,5-6,9,14H2,1-4H3. The summed E-state index contributed by atoms with van der Waals surface area (Å²) in [4.78, 5) is 6.70. The highest BCUT2D eigenvalue weighted by molar-refractivity contribution is 5.54. The lowest BCUT2D eigenvalue weighted by Gasteiger charge is -2.22. The van der Waals surface area contributed by atoms with E-state index in [4.69, 9.17) is 10.5 Å². The van der Waals surface area contributed by atoms with Crippen LogP contribution in [0.15, 0.2) is 12.1 Å². The summed E-state index contributed by atoms with van der Waals surface area (Å²) in [5.41, 5.74) is 6.44. The number of aromatic nitrogens is 1. The largest absolute Gasteiger partial charge is 0.473 e. The number of hydrogen-bond acceptors (Lipinski definition) is 4. The van der Waals surface area contributed by atoms with E-state index in [1.807, 2.05) is 26.0 Å². The minimum Gasteiger partial charge on any atom is -0.473 e. The highest BCUT2D eigenvalue weighted by Gasteiger charge is 2.10. The fraction of sp³-hybridized carbons (Fsp3) is 0.615. The second kappa shape index (κ2) is 6.33. The highest BCUT2D eigenvalue weighted by Crippen LogP contribution is 2.24. The first-order valence-electron chi connectivity index (χ1n) is 6.26. The van der Waals surface area contributed by atoms with E-state index in [1.165, 1.54) is 0 Å². The van der Waals surface area contributed by atoms with E-state index in [0.717, 1.165) is 25.3 Å². The Bertz CT molecular complexity index is 353. The molecule has 96 valence electrons. The van der Waals surface area contributed by atoms with Gasteiger partial charge in [0.1, 0.15) is 5.82 Å². The molecule has 1 rings (SSSR count). The molecule has 4 heteroatoms. The Labute approximate surface area is 104 Å². The zero-order valence-corrected chi connectivity index (χ0v) is 11.2. The van der Waals surface area contributed by atoms with Crippen LogP contribution in [0.1, 0.15) is 34.1 Å². The summed E-state index contributed by atoms with van der Waals surface area (Å²) in [7, 11) is 0.